The van der Waals surface area contributed by atoms with Crippen LogP contribution < -0.4 is 4.74 Å². The molecular formula is C18H15ClO3. The molecule has 0 N–H and O–H groups in total. The first-order chi connectivity index (χ1) is 10.5. The van der Waals surface area contributed by atoms with Crippen LogP contribution in [0.4, 0.5) is 0 Å². The lowest BCUT2D eigenvalue weighted by Gasteiger charge is -2.04. The molecule has 0 aliphatic heterocycles. The summed E-state index contributed by atoms with van der Waals surface area (Å²) in [5.41, 5.74) is 3.55. The van der Waals surface area contributed by atoms with Crippen molar-refractivity contribution in [1.29, 1.82) is 0 Å². The molecule has 2 aromatic carbocycles. The van der Waals surface area contributed by atoms with Gasteiger partial charge in [0.25, 0.3) is 0 Å². The fraction of sp³-hybridized carbons (Fsp3) is 0.167. The molecule has 0 aliphatic carbocycles. The quantitative estimate of drug-likeness (QED) is 0.512. The summed E-state index contributed by atoms with van der Waals surface area (Å²) in [6, 6.07) is 11.1. The van der Waals surface area contributed by atoms with Crippen LogP contribution in [0.2, 0.25) is 5.02 Å². The van der Waals surface area contributed by atoms with Gasteiger partial charge in [-0.15, -0.1) is 0 Å². The summed E-state index contributed by atoms with van der Waals surface area (Å²) in [4.78, 5) is 12.1. The number of hydrogen-bond donors (Lipinski definition) is 0. The Balaban J connectivity index is 1.79. The highest BCUT2D eigenvalue weighted by molar-refractivity contribution is 6.32. The Labute approximate surface area is 133 Å². The van der Waals surface area contributed by atoms with Crippen molar-refractivity contribution < 1.29 is 13.9 Å². The first-order valence-electron chi connectivity index (χ1n) is 6.96. The van der Waals surface area contributed by atoms with E-state index in [1.807, 2.05) is 38.1 Å². The summed E-state index contributed by atoms with van der Waals surface area (Å²) in [5.74, 6) is 0.209. The maximum Gasteiger partial charge on any atom is 0.315 e. The van der Waals surface area contributed by atoms with Crippen molar-refractivity contribution in [2.45, 2.75) is 20.3 Å². The van der Waals surface area contributed by atoms with Crippen LogP contribution in [-0.2, 0) is 11.2 Å². The molecule has 22 heavy (non-hydrogen) atoms. The Morgan fingerprint density at radius 3 is 2.64 bits per heavy atom. The van der Waals surface area contributed by atoms with E-state index in [1.165, 1.54) is 0 Å². The molecule has 0 saturated carbocycles. The summed E-state index contributed by atoms with van der Waals surface area (Å²) in [5, 5.41) is 1.50. The van der Waals surface area contributed by atoms with Gasteiger partial charge in [0, 0.05) is 16.0 Å². The van der Waals surface area contributed by atoms with Gasteiger partial charge >= 0.3 is 5.97 Å². The number of ether oxygens (including phenoxy) is 1. The van der Waals surface area contributed by atoms with Gasteiger partial charge < -0.3 is 9.15 Å². The van der Waals surface area contributed by atoms with E-state index in [9.17, 15) is 4.79 Å². The van der Waals surface area contributed by atoms with Gasteiger partial charge in [-0.05, 0) is 43.7 Å². The minimum atomic E-state index is -0.330. The van der Waals surface area contributed by atoms with Gasteiger partial charge in [-0.1, -0.05) is 29.3 Å². The van der Waals surface area contributed by atoms with Crippen molar-refractivity contribution in [2.24, 2.45) is 0 Å². The molecular weight excluding hydrogens is 300 g/mol. The predicted octanol–water partition coefficient (Wildman–Crippen LogP) is 4.85. The van der Waals surface area contributed by atoms with E-state index < -0.39 is 0 Å². The number of hydrogen-bond acceptors (Lipinski definition) is 3. The zero-order valence-electron chi connectivity index (χ0n) is 12.4. The number of aryl methyl sites for hydroxylation is 2. The Bertz CT molecular complexity index is 831. The number of benzene rings is 2. The molecule has 0 bridgehead atoms. The highest BCUT2D eigenvalue weighted by Crippen LogP contribution is 2.28. The predicted molar refractivity (Wildman–Crippen MR) is 86.5 cm³/mol. The molecule has 112 valence electrons. The largest absolute Gasteiger partial charge is 0.464 e. The van der Waals surface area contributed by atoms with E-state index >= 15 is 0 Å². The number of furan rings is 1. The zero-order chi connectivity index (χ0) is 15.7. The Morgan fingerprint density at radius 1 is 1.18 bits per heavy atom. The highest BCUT2D eigenvalue weighted by atomic mass is 35.5. The second-order valence-electron chi connectivity index (χ2n) is 5.32. The van der Waals surface area contributed by atoms with Crippen LogP contribution in [0.3, 0.4) is 0 Å². The first-order valence-corrected chi connectivity index (χ1v) is 7.34. The van der Waals surface area contributed by atoms with Gasteiger partial charge in [-0.2, -0.15) is 0 Å². The lowest BCUT2D eigenvalue weighted by atomic mass is 10.1. The molecule has 3 nitrogen and oxygen atoms in total. The van der Waals surface area contributed by atoms with Crippen LogP contribution in [0.15, 0.2) is 47.1 Å². The average Bonchev–Trinajstić information content (AvgIpc) is 2.84. The smallest absolute Gasteiger partial charge is 0.315 e. The molecule has 4 heteroatoms. The lowest BCUT2D eigenvalue weighted by Crippen LogP contribution is -2.10. The number of rotatable bonds is 3. The van der Waals surface area contributed by atoms with Crippen LogP contribution >= 0.6 is 11.6 Å². The third-order valence-corrected chi connectivity index (χ3v) is 3.93. The van der Waals surface area contributed by atoms with Crippen molar-refractivity contribution in [2.75, 3.05) is 0 Å². The zero-order valence-corrected chi connectivity index (χ0v) is 13.1. The van der Waals surface area contributed by atoms with Crippen molar-refractivity contribution in [3.63, 3.8) is 0 Å². The van der Waals surface area contributed by atoms with Gasteiger partial charge in [0.15, 0.2) is 0 Å². The number of carbonyl (C=O) groups is 1. The van der Waals surface area contributed by atoms with Gasteiger partial charge in [-0.3, -0.25) is 4.79 Å². The standard InChI is InChI=1S/C18H15ClO3/c1-11-3-5-14(6-4-11)22-18(20)8-13-10-21-17-7-12(2)16(19)9-15(13)17/h3-7,9-10H,8H2,1-2H3. The molecule has 1 aromatic heterocycles. The average molecular weight is 315 g/mol. The van der Waals surface area contributed by atoms with E-state index in [0.29, 0.717) is 10.8 Å². The number of esters is 1. The molecule has 1 heterocycles. The Morgan fingerprint density at radius 2 is 1.91 bits per heavy atom. The number of halogens is 1. The number of fused-ring (bicyclic) bond motifs is 1. The van der Waals surface area contributed by atoms with Crippen molar-refractivity contribution in [1.82, 2.24) is 0 Å². The van der Waals surface area contributed by atoms with E-state index in [1.54, 1.807) is 18.4 Å². The van der Waals surface area contributed by atoms with Gasteiger partial charge in [-0.25, -0.2) is 0 Å². The molecule has 0 spiro atoms. The summed E-state index contributed by atoms with van der Waals surface area (Å²) < 4.78 is 10.8. The minimum Gasteiger partial charge on any atom is -0.464 e. The molecule has 0 amide bonds. The molecule has 0 saturated heterocycles. The first kappa shape index (κ1) is 14.7. The van der Waals surface area contributed by atoms with Crippen LogP contribution in [0.1, 0.15) is 16.7 Å². The minimum absolute atomic E-state index is 0.139. The highest BCUT2D eigenvalue weighted by Gasteiger charge is 2.13. The fourth-order valence-electron chi connectivity index (χ4n) is 2.27. The topological polar surface area (TPSA) is 39.4 Å². The van der Waals surface area contributed by atoms with Crippen LogP contribution in [0.5, 0.6) is 5.75 Å². The molecule has 0 aliphatic rings. The lowest BCUT2D eigenvalue weighted by molar-refractivity contribution is -0.133. The van der Waals surface area contributed by atoms with Crippen LogP contribution in [-0.4, -0.2) is 5.97 Å². The third kappa shape index (κ3) is 3.00. The monoisotopic (exact) mass is 314 g/mol. The molecule has 0 unspecified atom stereocenters. The maximum atomic E-state index is 12.1. The normalized spacial score (nSPS) is 10.9. The fourth-order valence-corrected chi connectivity index (χ4v) is 2.43. The molecule has 0 radical (unpaired) electrons. The van der Waals surface area contributed by atoms with E-state index in [-0.39, 0.29) is 12.4 Å². The third-order valence-electron chi connectivity index (χ3n) is 3.52. The molecule has 0 fully saturated rings. The SMILES string of the molecule is Cc1ccc(OC(=O)Cc2coc3cc(C)c(Cl)cc23)cc1. The van der Waals surface area contributed by atoms with E-state index in [4.69, 9.17) is 20.8 Å². The summed E-state index contributed by atoms with van der Waals surface area (Å²) in [7, 11) is 0. The van der Waals surface area contributed by atoms with Crippen LogP contribution in [0, 0.1) is 13.8 Å². The summed E-state index contributed by atoms with van der Waals surface area (Å²) >= 11 is 6.14. The molecule has 3 rings (SSSR count). The van der Waals surface area contributed by atoms with Crippen molar-refractivity contribution >= 4 is 28.5 Å². The Kier molecular flexibility index (Phi) is 3.90. The molecule has 0 atom stereocenters. The second-order valence-corrected chi connectivity index (χ2v) is 5.73. The summed E-state index contributed by atoms with van der Waals surface area (Å²) in [6.07, 6.45) is 1.72. The van der Waals surface area contributed by atoms with E-state index in [2.05, 4.69) is 0 Å². The van der Waals surface area contributed by atoms with Gasteiger partial charge in [0.1, 0.15) is 11.3 Å². The Hall–Kier alpha value is -2.26. The van der Waals surface area contributed by atoms with Crippen molar-refractivity contribution in [3.8, 4) is 5.75 Å². The van der Waals surface area contributed by atoms with Gasteiger partial charge in [0.05, 0.1) is 12.7 Å². The van der Waals surface area contributed by atoms with Crippen LogP contribution in [0.25, 0.3) is 11.0 Å². The second kappa shape index (κ2) is 5.85. The van der Waals surface area contributed by atoms with Crippen molar-refractivity contribution in [3.05, 3.63) is 64.4 Å². The summed E-state index contributed by atoms with van der Waals surface area (Å²) in [6.45, 7) is 3.89. The van der Waals surface area contributed by atoms with E-state index in [0.717, 1.165) is 27.7 Å². The number of carbonyl (C=O) groups excluding carboxylic acids is 1. The molecule has 3 aromatic rings. The van der Waals surface area contributed by atoms with Gasteiger partial charge in [0.2, 0.25) is 0 Å². The maximum absolute atomic E-state index is 12.1.